The molecule has 0 spiro atoms. The van der Waals surface area contributed by atoms with Crippen LogP contribution in [0.25, 0.3) is 10.9 Å². The van der Waals surface area contributed by atoms with Crippen LogP contribution in [0.1, 0.15) is 5.56 Å². The van der Waals surface area contributed by atoms with Gasteiger partial charge in [-0.3, -0.25) is 0 Å². The largest absolute Gasteiger partial charge is 0.396 e. The van der Waals surface area contributed by atoms with Gasteiger partial charge in [-0.05, 0) is 12.1 Å². The lowest BCUT2D eigenvalue weighted by Gasteiger charge is -2.39. The zero-order valence-electron chi connectivity index (χ0n) is 9.87. The third kappa shape index (κ3) is 1.69. The fourth-order valence-electron chi connectivity index (χ4n) is 2.29. The van der Waals surface area contributed by atoms with Crippen molar-refractivity contribution in [1.29, 1.82) is 5.26 Å². The Hall–Kier alpha value is -2.12. The summed E-state index contributed by atoms with van der Waals surface area (Å²) in [7, 11) is 0. The van der Waals surface area contributed by atoms with E-state index in [0.717, 1.165) is 29.8 Å². The molecule has 1 aliphatic heterocycles. The summed E-state index contributed by atoms with van der Waals surface area (Å²) in [5, 5.41) is 19.2. The Bertz CT molecular complexity index is 626. The van der Waals surface area contributed by atoms with E-state index in [9.17, 15) is 5.26 Å². The number of nitrogens with zero attached hydrogens (tertiary/aromatic N) is 3. The Morgan fingerprint density at radius 1 is 1.39 bits per heavy atom. The molecule has 1 aliphatic rings. The van der Waals surface area contributed by atoms with Crippen LogP contribution >= 0.6 is 0 Å². The molecule has 18 heavy (non-hydrogen) atoms. The van der Waals surface area contributed by atoms with Crippen molar-refractivity contribution in [1.82, 2.24) is 4.98 Å². The minimum absolute atomic E-state index is 0.200. The number of rotatable bonds is 2. The van der Waals surface area contributed by atoms with Crippen LogP contribution in [0.3, 0.4) is 0 Å². The average Bonchev–Trinajstić information content (AvgIpc) is 2.36. The van der Waals surface area contributed by atoms with Gasteiger partial charge in [0.25, 0.3) is 0 Å². The van der Waals surface area contributed by atoms with Gasteiger partial charge in [-0.1, -0.05) is 18.2 Å². The number of nitriles is 1. The summed E-state index contributed by atoms with van der Waals surface area (Å²) < 4.78 is 0. The topological polar surface area (TPSA) is 60.2 Å². The maximum absolute atomic E-state index is 9.20. The van der Waals surface area contributed by atoms with Gasteiger partial charge in [-0.15, -0.1) is 0 Å². The second-order valence-corrected chi connectivity index (χ2v) is 4.62. The van der Waals surface area contributed by atoms with Gasteiger partial charge in [-0.2, -0.15) is 5.26 Å². The highest BCUT2D eigenvalue weighted by Gasteiger charge is 2.28. The van der Waals surface area contributed by atoms with E-state index in [0.29, 0.717) is 11.5 Å². The van der Waals surface area contributed by atoms with Crippen molar-refractivity contribution in [2.45, 2.75) is 0 Å². The Morgan fingerprint density at radius 2 is 2.17 bits per heavy atom. The van der Waals surface area contributed by atoms with Gasteiger partial charge in [0.2, 0.25) is 0 Å². The number of fused-ring (bicyclic) bond motifs is 1. The number of pyridine rings is 1. The number of aromatic nitrogens is 1. The van der Waals surface area contributed by atoms with Gasteiger partial charge in [0, 0.05) is 31.0 Å². The Morgan fingerprint density at radius 3 is 2.89 bits per heavy atom. The van der Waals surface area contributed by atoms with Crippen LogP contribution < -0.4 is 4.90 Å². The molecule has 1 saturated heterocycles. The summed E-state index contributed by atoms with van der Waals surface area (Å²) in [6.07, 6.45) is 0. The van der Waals surface area contributed by atoms with E-state index in [2.05, 4.69) is 11.1 Å². The standard InChI is InChI=1S/C14H13N3O/c15-6-12-5-11-3-1-2-4-13(11)16-14(12)17-7-10(8-17)9-18/h1-5,10,18H,7-9H2. The highest BCUT2D eigenvalue weighted by Crippen LogP contribution is 2.28. The minimum Gasteiger partial charge on any atom is -0.396 e. The van der Waals surface area contributed by atoms with Crippen LogP contribution in [0.2, 0.25) is 0 Å². The van der Waals surface area contributed by atoms with Crippen LogP contribution in [0.15, 0.2) is 30.3 Å². The molecule has 1 N–H and O–H groups in total. The molecule has 0 saturated carbocycles. The molecule has 0 amide bonds. The van der Waals surface area contributed by atoms with Gasteiger partial charge in [0.1, 0.15) is 11.9 Å². The fourth-order valence-corrected chi connectivity index (χ4v) is 2.29. The lowest BCUT2D eigenvalue weighted by atomic mass is 10.0. The SMILES string of the molecule is N#Cc1cc2ccccc2nc1N1CC(CO)C1. The van der Waals surface area contributed by atoms with Crippen LogP contribution in [-0.4, -0.2) is 29.8 Å². The Labute approximate surface area is 105 Å². The summed E-state index contributed by atoms with van der Waals surface area (Å²) >= 11 is 0. The first-order chi connectivity index (χ1) is 8.81. The first kappa shape index (κ1) is 11.0. The molecule has 90 valence electrons. The molecule has 1 aromatic heterocycles. The lowest BCUT2D eigenvalue weighted by molar-refractivity contribution is 0.200. The molecule has 4 heteroatoms. The second kappa shape index (κ2) is 4.28. The van der Waals surface area contributed by atoms with Crippen molar-refractivity contribution < 1.29 is 5.11 Å². The molecular weight excluding hydrogens is 226 g/mol. The number of anilines is 1. The molecule has 0 atom stereocenters. The fraction of sp³-hybridized carbons (Fsp3) is 0.286. The normalized spacial score (nSPS) is 15.4. The zero-order valence-corrected chi connectivity index (χ0v) is 9.87. The van der Waals surface area contributed by atoms with Crippen molar-refractivity contribution in [3.05, 3.63) is 35.9 Å². The second-order valence-electron chi connectivity index (χ2n) is 4.62. The molecule has 0 radical (unpaired) electrons. The van der Waals surface area contributed by atoms with Crippen molar-refractivity contribution in [2.75, 3.05) is 24.6 Å². The molecule has 4 nitrogen and oxygen atoms in total. The number of benzene rings is 1. The van der Waals surface area contributed by atoms with E-state index in [-0.39, 0.29) is 6.61 Å². The van der Waals surface area contributed by atoms with Gasteiger partial charge >= 0.3 is 0 Å². The predicted octanol–water partition coefficient (Wildman–Crippen LogP) is 1.53. The van der Waals surface area contributed by atoms with Gasteiger partial charge < -0.3 is 10.0 Å². The van der Waals surface area contributed by atoms with Crippen molar-refractivity contribution >= 4 is 16.7 Å². The summed E-state index contributed by atoms with van der Waals surface area (Å²) in [5.41, 5.74) is 1.50. The number of para-hydroxylation sites is 1. The van der Waals surface area contributed by atoms with E-state index in [4.69, 9.17) is 5.11 Å². The first-order valence-corrected chi connectivity index (χ1v) is 5.97. The van der Waals surface area contributed by atoms with Gasteiger partial charge in [-0.25, -0.2) is 4.98 Å². The van der Waals surface area contributed by atoms with E-state index >= 15 is 0 Å². The zero-order chi connectivity index (χ0) is 12.5. The molecule has 0 unspecified atom stereocenters. The summed E-state index contributed by atoms with van der Waals surface area (Å²) in [6.45, 7) is 1.75. The minimum atomic E-state index is 0.200. The molecule has 3 rings (SSSR count). The van der Waals surface area contributed by atoms with Crippen molar-refractivity contribution in [2.24, 2.45) is 5.92 Å². The molecule has 2 heterocycles. The van der Waals surface area contributed by atoms with Crippen LogP contribution in [-0.2, 0) is 0 Å². The molecule has 2 aromatic rings. The molecule has 0 bridgehead atoms. The first-order valence-electron chi connectivity index (χ1n) is 5.97. The quantitative estimate of drug-likeness (QED) is 0.863. The summed E-state index contributed by atoms with van der Waals surface area (Å²) in [5.74, 6) is 1.05. The van der Waals surface area contributed by atoms with Crippen LogP contribution in [0, 0.1) is 17.2 Å². The monoisotopic (exact) mass is 239 g/mol. The molecular formula is C14H13N3O. The summed E-state index contributed by atoms with van der Waals surface area (Å²) in [4.78, 5) is 6.61. The number of hydrogen-bond donors (Lipinski definition) is 1. The van der Waals surface area contributed by atoms with Gasteiger partial charge in [0.05, 0.1) is 11.1 Å². The van der Waals surface area contributed by atoms with Crippen LogP contribution in [0.4, 0.5) is 5.82 Å². The maximum atomic E-state index is 9.20. The Kier molecular flexibility index (Phi) is 2.62. The van der Waals surface area contributed by atoms with E-state index in [1.807, 2.05) is 35.2 Å². The van der Waals surface area contributed by atoms with E-state index in [1.54, 1.807) is 0 Å². The third-order valence-corrected chi connectivity index (χ3v) is 3.34. The number of aliphatic hydroxyl groups excluding tert-OH is 1. The molecule has 1 fully saturated rings. The van der Waals surface area contributed by atoms with Crippen LogP contribution in [0.5, 0.6) is 0 Å². The number of aliphatic hydroxyl groups is 1. The third-order valence-electron chi connectivity index (χ3n) is 3.34. The van der Waals surface area contributed by atoms with Crippen molar-refractivity contribution in [3.63, 3.8) is 0 Å². The smallest absolute Gasteiger partial charge is 0.147 e. The average molecular weight is 239 g/mol. The van der Waals surface area contributed by atoms with Gasteiger partial charge in [0.15, 0.2) is 0 Å². The molecule has 0 aliphatic carbocycles. The van der Waals surface area contributed by atoms with Crippen molar-refractivity contribution in [3.8, 4) is 6.07 Å². The molecule has 1 aromatic carbocycles. The predicted molar refractivity (Wildman–Crippen MR) is 69.2 cm³/mol. The lowest BCUT2D eigenvalue weighted by Crippen LogP contribution is -2.49. The summed E-state index contributed by atoms with van der Waals surface area (Å²) in [6, 6.07) is 11.9. The number of hydrogen-bond acceptors (Lipinski definition) is 4. The van der Waals surface area contributed by atoms with E-state index < -0.39 is 0 Å². The highest BCUT2D eigenvalue weighted by atomic mass is 16.3. The maximum Gasteiger partial charge on any atom is 0.147 e. The Balaban J connectivity index is 2.03. The van der Waals surface area contributed by atoms with E-state index in [1.165, 1.54) is 0 Å². The highest BCUT2D eigenvalue weighted by molar-refractivity contribution is 5.83.